The molecule has 1 aliphatic rings. The van der Waals surface area contributed by atoms with Crippen LogP contribution in [0.1, 0.15) is 57.6 Å². The third-order valence-electron chi connectivity index (χ3n) is 4.59. The summed E-state index contributed by atoms with van der Waals surface area (Å²) in [6.07, 6.45) is 6.43. The van der Waals surface area contributed by atoms with Gasteiger partial charge in [0.05, 0.1) is 0 Å². The van der Waals surface area contributed by atoms with Gasteiger partial charge in [-0.25, -0.2) is 4.39 Å². The first-order chi connectivity index (χ1) is 9.65. The van der Waals surface area contributed by atoms with Crippen LogP contribution >= 0.6 is 15.9 Å². The van der Waals surface area contributed by atoms with Gasteiger partial charge in [0, 0.05) is 10.5 Å². The maximum atomic E-state index is 13.6. The van der Waals surface area contributed by atoms with Crippen LogP contribution in [0.4, 0.5) is 4.39 Å². The van der Waals surface area contributed by atoms with Crippen molar-refractivity contribution in [2.45, 2.75) is 52.0 Å². The van der Waals surface area contributed by atoms with Gasteiger partial charge in [0.15, 0.2) is 0 Å². The summed E-state index contributed by atoms with van der Waals surface area (Å²) in [5.41, 5.74) is 1.08. The minimum absolute atomic E-state index is 0.144. The summed E-state index contributed by atoms with van der Waals surface area (Å²) in [4.78, 5) is 0. The molecule has 0 amide bonds. The molecule has 3 atom stereocenters. The van der Waals surface area contributed by atoms with Crippen LogP contribution < -0.4 is 5.32 Å². The highest BCUT2D eigenvalue weighted by atomic mass is 79.9. The molecule has 0 heterocycles. The highest BCUT2D eigenvalue weighted by Crippen LogP contribution is 2.40. The SMILES string of the molecule is CCNC(c1cc(F)ccc1Br)C1CCCC(CC)C1. The summed E-state index contributed by atoms with van der Waals surface area (Å²) in [6.45, 7) is 5.33. The molecule has 1 N–H and O–H groups in total. The maximum absolute atomic E-state index is 13.6. The van der Waals surface area contributed by atoms with Gasteiger partial charge in [0.25, 0.3) is 0 Å². The zero-order valence-electron chi connectivity index (χ0n) is 12.5. The quantitative estimate of drug-likeness (QED) is 0.750. The number of halogens is 2. The van der Waals surface area contributed by atoms with Crippen LogP contribution in [0.3, 0.4) is 0 Å². The molecule has 0 bridgehead atoms. The zero-order chi connectivity index (χ0) is 14.5. The van der Waals surface area contributed by atoms with Crippen molar-refractivity contribution in [2.24, 2.45) is 11.8 Å². The topological polar surface area (TPSA) is 12.0 Å². The normalized spacial score (nSPS) is 24.6. The summed E-state index contributed by atoms with van der Waals surface area (Å²) in [6, 6.07) is 5.30. The Labute approximate surface area is 130 Å². The van der Waals surface area contributed by atoms with E-state index in [1.807, 2.05) is 6.07 Å². The van der Waals surface area contributed by atoms with Crippen molar-refractivity contribution in [3.05, 3.63) is 34.1 Å². The third kappa shape index (κ3) is 3.82. The lowest BCUT2D eigenvalue weighted by Crippen LogP contribution is -2.32. The third-order valence-corrected chi connectivity index (χ3v) is 5.31. The standard InChI is InChI=1S/C17H25BrFN/c1-3-12-6-5-7-13(10-12)17(20-4-2)15-11-14(19)8-9-16(15)18/h8-9,11-13,17,20H,3-7,10H2,1-2H3. The van der Waals surface area contributed by atoms with Gasteiger partial charge in [-0.3, -0.25) is 0 Å². The van der Waals surface area contributed by atoms with Crippen LogP contribution in [0.25, 0.3) is 0 Å². The lowest BCUT2D eigenvalue weighted by Gasteiger charge is -2.35. The molecule has 0 spiro atoms. The Bertz CT molecular complexity index is 435. The van der Waals surface area contributed by atoms with E-state index in [0.717, 1.165) is 22.5 Å². The first kappa shape index (κ1) is 16.0. The van der Waals surface area contributed by atoms with E-state index in [9.17, 15) is 4.39 Å². The van der Waals surface area contributed by atoms with E-state index in [0.29, 0.717) is 5.92 Å². The first-order valence-electron chi connectivity index (χ1n) is 7.84. The summed E-state index contributed by atoms with van der Waals surface area (Å²) in [5.74, 6) is 1.31. The molecule has 2 rings (SSSR count). The van der Waals surface area contributed by atoms with Crippen LogP contribution in [-0.4, -0.2) is 6.54 Å². The molecular formula is C17H25BrFN. The van der Waals surface area contributed by atoms with Crippen molar-refractivity contribution in [3.63, 3.8) is 0 Å². The molecule has 1 nitrogen and oxygen atoms in total. The second-order valence-corrected chi connectivity index (χ2v) is 6.76. The second-order valence-electron chi connectivity index (χ2n) is 5.90. The Hall–Kier alpha value is -0.410. The highest BCUT2D eigenvalue weighted by molar-refractivity contribution is 9.10. The van der Waals surface area contributed by atoms with Gasteiger partial charge in [-0.2, -0.15) is 0 Å². The predicted molar refractivity (Wildman–Crippen MR) is 86.3 cm³/mol. The Morgan fingerprint density at radius 1 is 1.35 bits per heavy atom. The molecule has 0 radical (unpaired) electrons. The van der Waals surface area contributed by atoms with E-state index in [2.05, 4.69) is 35.1 Å². The fourth-order valence-corrected chi connectivity index (χ4v) is 4.00. The summed E-state index contributed by atoms with van der Waals surface area (Å²) < 4.78 is 14.6. The molecule has 0 aromatic heterocycles. The summed E-state index contributed by atoms with van der Waals surface area (Å²) in [5, 5.41) is 3.58. The molecule has 1 aliphatic carbocycles. The molecule has 1 aromatic rings. The smallest absolute Gasteiger partial charge is 0.123 e. The zero-order valence-corrected chi connectivity index (χ0v) is 14.0. The van der Waals surface area contributed by atoms with Gasteiger partial charge >= 0.3 is 0 Å². The highest BCUT2D eigenvalue weighted by Gasteiger charge is 2.29. The van der Waals surface area contributed by atoms with Gasteiger partial charge in [-0.05, 0) is 55.0 Å². The molecule has 0 aliphatic heterocycles. The van der Waals surface area contributed by atoms with Crippen LogP contribution in [0.2, 0.25) is 0 Å². The van der Waals surface area contributed by atoms with Crippen molar-refractivity contribution in [1.29, 1.82) is 0 Å². The summed E-state index contributed by atoms with van der Waals surface area (Å²) >= 11 is 3.59. The van der Waals surface area contributed by atoms with Gasteiger partial charge < -0.3 is 5.32 Å². The van der Waals surface area contributed by atoms with Crippen molar-refractivity contribution < 1.29 is 4.39 Å². The molecule has 1 saturated carbocycles. The number of benzene rings is 1. The Balaban J connectivity index is 2.23. The van der Waals surface area contributed by atoms with E-state index >= 15 is 0 Å². The molecule has 20 heavy (non-hydrogen) atoms. The molecule has 0 saturated heterocycles. The van der Waals surface area contributed by atoms with Crippen LogP contribution in [0.15, 0.2) is 22.7 Å². The van der Waals surface area contributed by atoms with Gasteiger partial charge in [0.1, 0.15) is 5.82 Å². The van der Waals surface area contributed by atoms with Crippen LogP contribution in [-0.2, 0) is 0 Å². The molecule has 1 fully saturated rings. The second kappa shape index (κ2) is 7.56. The Morgan fingerprint density at radius 2 is 2.15 bits per heavy atom. The molecule has 112 valence electrons. The average Bonchev–Trinajstić information content (AvgIpc) is 2.47. The molecule has 3 heteroatoms. The van der Waals surface area contributed by atoms with Crippen molar-refractivity contribution in [2.75, 3.05) is 6.54 Å². The fraction of sp³-hybridized carbons (Fsp3) is 0.647. The van der Waals surface area contributed by atoms with Crippen molar-refractivity contribution >= 4 is 15.9 Å². The summed E-state index contributed by atoms with van der Waals surface area (Å²) in [7, 11) is 0. The molecular weight excluding hydrogens is 317 g/mol. The molecule has 1 aromatic carbocycles. The Morgan fingerprint density at radius 3 is 2.85 bits per heavy atom. The monoisotopic (exact) mass is 341 g/mol. The van der Waals surface area contributed by atoms with Crippen molar-refractivity contribution in [3.8, 4) is 0 Å². The maximum Gasteiger partial charge on any atom is 0.123 e. The predicted octanol–water partition coefficient (Wildman–Crippen LogP) is 5.46. The number of nitrogens with one attached hydrogen (secondary N) is 1. The van der Waals surface area contributed by atoms with Crippen LogP contribution in [0, 0.1) is 17.7 Å². The van der Waals surface area contributed by atoms with Gasteiger partial charge in [-0.1, -0.05) is 49.0 Å². The van der Waals surface area contributed by atoms with E-state index < -0.39 is 0 Å². The van der Waals surface area contributed by atoms with Gasteiger partial charge in [0.2, 0.25) is 0 Å². The van der Waals surface area contributed by atoms with E-state index in [4.69, 9.17) is 0 Å². The van der Waals surface area contributed by atoms with E-state index in [1.54, 1.807) is 6.07 Å². The number of rotatable bonds is 5. The van der Waals surface area contributed by atoms with Gasteiger partial charge in [-0.15, -0.1) is 0 Å². The first-order valence-corrected chi connectivity index (χ1v) is 8.63. The largest absolute Gasteiger partial charge is 0.310 e. The number of hydrogen-bond donors (Lipinski definition) is 1. The van der Waals surface area contributed by atoms with Crippen molar-refractivity contribution in [1.82, 2.24) is 5.32 Å². The van der Waals surface area contributed by atoms with E-state index in [-0.39, 0.29) is 11.9 Å². The minimum Gasteiger partial charge on any atom is -0.310 e. The van der Waals surface area contributed by atoms with E-state index in [1.165, 1.54) is 38.2 Å². The average molecular weight is 342 g/mol. The van der Waals surface area contributed by atoms with Crippen LogP contribution in [0.5, 0.6) is 0 Å². The Kier molecular flexibility index (Phi) is 6.03. The molecule has 3 unspecified atom stereocenters. The fourth-order valence-electron chi connectivity index (χ4n) is 3.51. The lowest BCUT2D eigenvalue weighted by atomic mass is 9.75. The lowest BCUT2D eigenvalue weighted by molar-refractivity contribution is 0.210. The minimum atomic E-state index is -0.144. The number of hydrogen-bond acceptors (Lipinski definition) is 1.